The molecule has 0 unspecified atom stereocenters. The number of rotatable bonds is 4. The van der Waals surface area contributed by atoms with Crippen LogP contribution in [-0.2, 0) is 0 Å². The van der Waals surface area contributed by atoms with Crippen LogP contribution in [0.5, 0.6) is 11.5 Å². The van der Waals surface area contributed by atoms with Crippen LogP contribution in [0.1, 0.15) is 0 Å². The Hall–Kier alpha value is -4.34. The lowest BCUT2D eigenvalue weighted by Gasteiger charge is -2.11. The van der Waals surface area contributed by atoms with Gasteiger partial charge in [0.05, 0.1) is 14.2 Å². The molecule has 6 aromatic carbocycles. The summed E-state index contributed by atoms with van der Waals surface area (Å²) in [4.78, 5) is 0. The molecule has 0 saturated heterocycles. The number of fused-ring (bicyclic) bond motifs is 7. The van der Waals surface area contributed by atoms with E-state index in [0.717, 1.165) is 11.5 Å². The summed E-state index contributed by atoms with van der Waals surface area (Å²) in [5.74, 6) is 1.73. The number of ether oxygens (including phenoxy) is 2. The topological polar surface area (TPSA) is 18.5 Å². The van der Waals surface area contributed by atoms with Crippen molar-refractivity contribution < 1.29 is 9.47 Å². The third-order valence-corrected chi connectivity index (χ3v) is 8.57. The van der Waals surface area contributed by atoms with E-state index in [2.05, 4.69) is 84.9 Å². The Kier molecular flexibility index (Phi) is 5.12. The number of methoxy groups -OCH3 is 2. The molecule has 0 aliphatic rings. The molecule has 1 heterocycles. The zero-order valence-corrected chi connectivity index (χ0v) is 21.4. The molecule has 37 heavy (non-hydrogen) atoms. The van der Waals surface area contributed by atoms with Crippen LogP contribution in [0.15, 0.2) is 109 Å². The summed E-state index contributed by atoms with van der Waals surface area (Å²) in [6.07, 6.45) is 0. The summed E-state index contributed by atoms with van der Waals surface area (Å²) in [6.45, 7) is 0. The van der Waals surface area contributed by atoms with Gasteiger partial charge in [-0.1, -0.05) is 72.8 Å². The minimum absolute atomic E-state index is 0.866. The van der Waals surface area contributed by atoms with E-state index in [1.807, 2.05) is 35.6 Å². The molecule has 1 aromatic heterocycles. The summed E-state index contributed by atoms with van der Waals surface area (Å²) in [7, 11) is 3.41. The molecular formula is C34H24O2S. The first kappa shape index (κ1) is 21.9. The van der Waals surface area contributed by atoms with Crippen molar-refractivity contribution in [2.24, 2.45) is 0 Å². The zero-order chi connectivity index (χ0) is 24.9. The molecule has 2 nitrogen and oxygen atoms in total. The Bertz CT molecular complexity index is 1790. The molecular weight excluding hydrogens is 472 g/mol. The van der Waals surface area contributed by atoms with Gasteiger partial charge in [0.25, 0.3) is 0 Å². The summed E-state index contributed by atoms with van der Waals surface area (Å²) < 4.78 is 13.5. The molecule has 0 fully saturated rings. The van der Waals surface area contributed by atoms with Gasteiger partial charge in [0.15, 0.2) is 0 Å². The van der Waals surface area contributed by atoms with Crippen molar-refractivity contribution in [1.82, 2.24) is 0 Å². The predicted octanol–water partition coefficient (Wildman–Crippen LogP) is 9.71. The van der Waals surface area contributed by atoms with Crippen LogP contribution in [0.2, 0.25) is 0 Å². The van der Waals surface area contributed by atoms with E-state index in [-0.39, 0.29) is 0 Å². The van der Waals surface area contributed by atoms with Gasteiger partial charge < -0.3 is 9.47 Å². The van der Waals surface area contributed by atoms with Crippen molar-refractivity contribution in [3.05, 3.63) is 109 Å². The maximum absolute atomic E-state index is 5.41. The Morgan fingerprint density at radius 3 is 1.19 bits per heavy atom. The van der Waals surface area contributed by atoms with Gasteiger partial charge in [-0.15, -0.1) is 11.3 Å². The van der Waals surface area contributed by atoms with Crippen molar-refractivity contribution in [3.8, 4) is 33.8 Å². The number of thiophene rings is 1. The van der Waals surface area contributed by atoms with Crippen LogP contribution >= 0.6 is 11.3 Å². The van der Waals surface area contributed by atoms with Gasteiger partial charge in [0.2, 0.25) is 0 Å². The predicted molar refractivity (Wildman–Crippen MR) is 158 cm³/mol. The van der Waals surface area contributed by atoms with Crippen LogP contribution in [0.3, 0.4) is 0 Å². The second-order valence-corrected chi connectivity index (χ2v) is 10.3. The SMILES string of the molecule is COc1ccc(-c2cc3c4cc(-c5ccc(OC)cc5)c5ccccc5c4sc3c3ccccc23)cc1. The second kappa shape index (κ2) is 8.65. The molecule has 0 radical (unpaired) electrons. The average molecular weight is 497 g/mol. The lowest BCUT2D eigenvalue weighted by Crippen LogP contribution is -1.86. The minimum atomic E-state index is 0.866. The van der Waals surface area contributed by atoms with Crippen molar-refractivity contribution in [1.29, 1.82) is 0 Å². The first-order chi connectivity index (χ1) is 18.2. The van der Waals surface area contributed by atoms with Crippen molar-refractivity contribution in [2.45, 2.75) is 0 Å². The van der Waals surface area contributed by atoms with Crippen LogP contribution in [0.25, 0.3) is 64.0 Å². The molecule has 0 amide bonds. The van der Waals surface area contributed by atoms with Crippen LogP contribution < -0.4 is 9.47 Å². The average Bonchev–Trinajstić information content (AvgIpc) is 3.35. The molecule has 0 N–H and O–H groups in total. The molecule has 3 heteroatoms. The Balaban J connectivity index is 1.59. The fraction of sp³-hybridized carbons (Fsp3) is 0.0588. The van der Waals surface area contributed by atoms with Crippen LogP contribution in [-0.4, -0.2) is 14.2 Å². The number of hydrogen-bond donors (Lipinski definition) is 0. The molecule has 178 valence electrons. The molecule has 0 aliphatic carbocycles. The quantitative estimate of drug-likeness (QED) is 0.241. The Morgan fingerprint density at radius 1 is 0.432 bits per heavy atom. The van der Waals surface area contributed by atoms with E-state index in [0.29, 0.717) is 0 Å². The molecule has 0 aliphatic heterocycles. The summed E-state index contributed by atoms with van der Waals surface area (Å²) in [6, 6.07) is 39.0. The monoisotopic (exact) mass is 496 g/mol. The molecule has 0 saturated carbocycles. The highest BCUT2D eigenvalue weighted by Crippen LogP contribution is 2.47. The third-order valence-electron chi connectivity index (χ3n) is 7.29. The van der Waals surface area contributed by atoms with Gasteiger partial charge in [0.1, 0.15) is 11.5 Å². The third kappa shape index (κ3) is 3.46. The highest BCUT2D eigenvalue weighted by molar-refractivity contribution is 7.27. The van der Waals surface area contributed by atoms with Crippen molar-refractivity contribution in [2.75, 3.05) is 14.2 Å². The fourth-order valence-corrected chi connectivity index (χ4v) is 6.78. The zero-order valence-electron chi connectivity index (χ0n) is 20.6. The van der Waals surface area contributed by atoms with Crippen LogP contribution in [0.4, 0.5) is 0 Å². The lowest BCUT2D eigenvalue weighted by molar-refractivity contribution is 0.415. The van der Waals surface area contributed by atoms with Gasteiger partial charge in [-0.2, -0.15) is 0 Å². The first-order valence-corrected chi connectivity index (χ1v) is 13.2. The summed E-state index contributed by atoms with van der Waals surface area (Å²) in [5.41, 5.74) is 4.86. The summed E-state index contributed by atoms with van der Waals surface area (Å²) in [5, 5.41) is 7.72. The van der Waals surface area contributed by atoms with E-state index in [1.165, 1.54) is 64.0 Å². The number of hydrogen-bond acceptors (Lipinski definition) is 3. The van der Waals surface area contributed by atoms with Gasteiger partial charge in [-0.3, -0.25) is 0 Å². The maximum Gasteiger partial charge on any atom is 0.118 e. The Labute approximate surface area is 219 Å². The molecule has 7 aromatic rings. The summed E-state index contributed by atoms with van der Waals surface area (Å²) >= 11 is 1.90. The first-order valence-electron chi connectivity index (χ1n) is 12.3. The standard InChI is InChI=1S/C34H24O2S/c1-35-23-15-11-21(12-16-23)29-19-31-32-20-30(22-13-17-24(36-2)18-14-22)26-8-4-6-10-28(26)34(32)37-33(31)27-9-5-3-7-25(27)29/h3-20H,1-2H3. The highest BCUT2D eigenvalue weighted by Gasteiger charge is 2.17. The maximum atomic E-state index is 5.41. The van der Waals surface area contributed by atoms with Crippen LogP contribution in [0, 0.1) is 0 Å². The number of benzene rings is 6. The van der Waals surface area contributed by atoms with E-state index in [4.69, 9.17) is 9.47 Å². The van der Waals surface area contributed by atoms with E-state index >= 15 is 0 Å². The van der Waals surface area contributed by atoms with E-state index < -0.39 is 0 Å². The van der Waals surface area contributed by atoms with E-state index in [9.17, 15) is 0 Å². The molecule has 0 spiro atoms. The Morgan fingerprint density at radius 2 is 0.811 bits per heavy atom. The van der Waals surface area contributed by atoms with E-state index in [1.54, 1.807) is 14.2 Å². The molecule has 0 atom stereocenters. The second-order valence-electron chi connectivity index (χ2n) is 9.25. The van der Waals surface area contributed by atoms with Crippen molar-refractivity contribution >= 4 is 53.1 Å². The van der Waals surface area contributed by atoms with Gasteiger partial charge in [-0.05, 0) is 69.4 Å². The lowest BCUT2D eigenvalue weighted by atomic mass is 9.93. The van der Waals surface area contributed by atoms with Gasteiger partial charge in [0, 0.05) is 30.9 Å². The molecule has 7 rings (SSSR count). The largest absolute Gasteiger partial charge is 0.497 e. The van der Waals surface area contributed by atoms with Gasteiger partial charge >= 0.3 is 0 Å². The van der Waals surface area contributed by atoms with Gasteiger partial charge in [-0.25, -0.2) is 0 Å². The van der Waals surface area contributed by atoms with Crippen molar-refractivity contribution in [3.63, 3.8) is 0 Å². The smallest absolute Gasteiger partial charge is 0.118 e. The fourth-order valence-electron chi connectivity index (χ4n) is 5.44. The minimum Gasteiger partial charge on any atom is -0.497 e. The normalized spacial score (nSPS) is 11.5. The highest BCUT2D eigenvalue weighted by atomic mass is 32.1. The molecule has 0 bridgehead atoms.